The predicted molar refractivity (Wildman–Crippen MR) is 92.7 cm³/mol. The van der Waals surface area contributed by atoms with Crippen LogP contribution < -0.4 is 0 Å². The summed E-state index contributed by atoms with van der Waals surface area (Å²) in [5, 5.41) is 0. The van der Waals surface area contributed by atoms with E-state index in [2.05, 4.69) is 9.97 Å². The first-order valence-electron chi connectivity index (χ1n) is 7.79. The van der Waals surface area contributed by atoms with Gasteiger partial charge in [-0.1, -0.05) is 30.3 Å². The van der Waals surface area contributed by atoms with Gasteiger partial charge in [0.25, 0.3) is 5.91 Å². The van der Waals surface area contributed by atoms with Crippen molar-refractivity contribution >= 4 is 22.9 Å². The number of aromatic nitrogens is 2. The first-order chi connectivity index (χ1) is 12.1. The molecular weight excluding hydrogens is 318 g/mol. The fraction of sp³-hybridized carbons (Fsp3) is 0.158. The molecule has 0 atom stereocenters. The van der Waals surface area contributed by atoms with E-state index < -0.39 is 5.97 Å². The van der Waals surface area contributed by atoms with Crippen molar-refractivity contribution in [3.63, 3.8) is 0 Å². The van der Waals surface area contributed by atoms with Crippen molar-refractivity contribution in [3.05, 3.63) is 72.1 Å². The highest BCUT2D eigenvalue weighted by molar-refractivity contribution is 5.94. The summed E-state index contributed by atoms with van der Waals surface area (Å²) in [6.45, 7) is 0.156. The molecule has 0 spiro atoms. The topological polar surface area (TPSA) is 72.4 Å². The first-order valence-corrected chi connectivity index (χ1v) is 7.79. The Morgan fingerprint density at radius 3 is 2.48 bits per heavy atom. The van der Waals surface area contributed by atoms with E-state index >= 15 is 0 Å². The van der Waals surface area contributed by atoms with Crippen molar-refractivity contribution in [2.24, 2.45) is 0 Å². The van der Waals surface area contributed by atoms with Crippen LogP contribution in [0.25, 0.3) is 11.0 Å². The average Bonchev–Trinajstić information content (AvgIpc) is 2.66. The van der Waals surface area contributed by atoms with Crippen molar-refractivity contribution in [2.75, 3.05) is 13.7 Å². The number of esters is 1. The smallest absolute Gasteiger partial charge is 0.338 e. The Morgan fingerprint density at radius 2 is 1.72 bits per heavy atom. The van der Waals surface area contributed by atoms with Crippen molar-refractivity contribution in [1.29, 1.82) is 0 Å². The van der Waals surface area contributed by atoms with E-state index in [9.17, 15) is 9.59 Å². The lowest BCUT2D eigenvalue weighted by atomic mass is 10.2. The number of rotatable bonds is 5. The monoisotopic (exact) mass is 335 g/mol. The van der Waals surface area contributed by atoms with E-state index in [1.807, 2.05) is 30.3 Å². The molecule has 0 unspecified atom stereocenters. The number of benzene rings is 2. The number of carbonyl (C=O) groups excluding carboxylic acids is 2. The molecule has 0 aliphatic heterocycles. The molecule has 0 N–H and O–H groups in total. The summed E-state index contributed by atoms with van der Waals surface area (Å²) in [4.78, 5) is 34.1. The lowest BCUT2D eigenvalue weighted by Crippen LogP contribution is -2.30. The average molecular weight is 335 g/mol. The Balaban J connectivity index is 1.58. The van der Waals surface area contributed by atoms with E-state index in [1.54, 1.807) is 37.6 Å². The number of fused-ring (bicyclic) bond motifs is 1. The van der Waals surface area contributed by atoms with Crippen LogP contribution in [0.4, 0.5) is 0 Å². The number of likely N-dealkylation sites (N-methyl/N-ethyl adjacent to an activating group) is 1. The second-order valence-electron chi connectivity index (χ2n) is 5.57. The molecular formula is C19H17N3O3. The minimum absolute atomic E-state index is 0.266. The van der Waals surface area contributed by atoms with Gasteiger partial charge in [-0.25, -0.2) is 4.79 Å². The van der Waals surface area contributed by atoms with Gasteiger partial charge in [0.05, 0.1) is 16.6 Å². The summed E-state index contributed by atoms with van der Waals surface area (Å²) >= 11 is 0. The minimum atomic E-state index is -0.561. The van der Waals surface area contributed by atoms with Gasteiger partial charge in [-0.2, -0.15) is 0 Å². The zero-order valence-electron chi connectivity index (χ0n) is 13.8. The second-order valence-corrected chi connectivity index (χ2v) is 5.57. The third-order valence-corrected chi connectivity index (χ3v) is 3.72. The van der Waals surface area contributed by atoms with Gasteiger partial charge in [-0.15, -0.1) is 0 Å². The van der Waals surface area contributed by atoms with Gasteiger partial charge in [-0.05, 0) is 23.8 Å². The molecule has 1 aromatic heterocycles. The molecule has 0 bridgehead atoms. The summed E-state index contributed by atoms with van der Waals surface area (Å²) in [5.74, 6) is -0.827. The maximum absolute atomic E-state index is 12.1. The Kier molecular flexibility index (Phi) is 4.99. The van der Waals surface area contributed by atoms with Crippen LogP contribution in [0, 0.1) is 0 Å². The van der Waals surface area contributed by atoms with Gasteiger partial charge >= 0.3 is 5.97 Å². The Hall–Kier alpha value is -3.28. The number of carbonyl (C=O) groups is 2. The van der Waals surface area contributed by atoms with E-state index in [1.165, 1.54) is 4.90 Å². The van der Waals surface area contributed by atoms with Crippen molar-refractivity contribution in [2.45, 2.75) is 6.54 Å². The first kappa shape index (κ1) is 16.6. The number of nitrogens with zero attached hydrogens (tertiary/aromatic N) is 3. The van der Waals surface area contributed by atoms with Gasteiger partial charge in [0.15, 0.2) is 6.61 Å². The molecule has 0 aliphatic rings. The van der Waals surface area contributed by atoms with E-state index in [0.29, 0.717) is 23.1 Å². The molecule has 1 amide bonds. The Labute approximate surface area is 145 Å². The van der Waals surface area contributed by atoms with E-state index in [-0.39, 0.29) is 12.5 Å². The molecule has 0 saturated heterocycles. The lowest BCUT2D eigenvalue weighted by molar-refractivity contribution is -0.133. The van der Waals surface area contributed by atoms with Gasteiger partial charge in [0.2, 0.25) is 0 Å². The van der Waals surface area contributed by atoms with Gasteiger partial charge in [0.1, 0.15) is 0 Å². The molecule has 25 heavy (non-hydrogen) atoms. The molecule has 0 aliphatic carbocycles. The van der Waals surface area contributed by atoms with Crippen molar-refractivity contribution in [3.8, 4) is 0 Å². The molecule has 6 heteroatoms. The summed E-state index contributed by atoms with van der Waals surface area (Å²) in [5.41, 5.74) is 2.64. The van der Waals surface area contributed by atoms with Crippen LogP contribution >= 0.6 is 0 Å². The summed E-state index contributed by atoms with van der Waals surface area (Å²) < 4.78 is 5.12. The van der Waals surface area contributed by atoms with Gasteiger partial charge in [-0.3, -0.25) is 14.8 Å². The number of amides is 1. The third-order valence-electron chi connectivity index (χ3n) is 3.72. The fourth-order valence-corrected chi connectivity index (χ4v) is 2.36. The highest BCUT2D eigenvalue weighted by atomic mass is 16.5. The van der Waals surface area contributed by atoms with Crippen molar-refractivity contribution < 1.29 is 14.3 Å². The highest BCUT2D eigenvalue weighted by Gasteiger charge is 2.14. The van der Waals surface area contributed by atoms with Crippen LogP contribution in [0.2, 0.25) is 0 Å². The van der Waals surface area contributed by atoms with Crippen LogP contribution in [0.1, 0.15) is 15.9 Å². The maximum atomic E-state index is 12.1. The molecule has 0 fully saturated rings. The van der Waals surface area contributed by atoms with Gasteiger partial charge in [0, 0.05) is 26.0 Å². The van der Waals surface area contributed by atoms with E-state index in [4.69, 9.17) is 4.74 Å². The Morgan fingerprint density at radius 1 is 1.00 bits per heavy atom. The molecule has 3 aromatic rings. The SMILES string of the molecule is CN(Cc1ccccc1)C(=O)COC(=O)c1ccc2nccnc2c1. The molecule has 6 nitrogen and oxygen atoms in total. The molecule has 0 radical (unpaired) electrons. The van der Waals surface area contributed by atoms with Crippen LogP contribution in [0.5, 0.6) is 0 Å². The molecule has 126 valence electrons. The molecule has 0 saturated carbocycles. The molecule has 2 aromatic carbocycles. The summed E-state index contributed by atoms with van der Waals surface area (Å²) in [6, 6.07) is 14.5. The Bertz CT molecular complexity index is 897. The molecule has 3 rings (SSSR count). The van der Waals surface area contributed by atoms with Crippen molar-refractivity contribution in [1.82, 2.24) is 14.9 Å². The fourth-order valence-electron chi connectivity index (χ4n) is 2.36. The summed E-state index contributed by atoms with van der Waals surface area (Å²) in [6.07, 6.45) is 3.14. The zero-order valence-corrected chi connectivity index (χ0v) is 13.8. The quantitative estimate of drug-likeness (QED) is 0.670. The number of hydrogen-bond donors (Lipinski definition) is 0. The molecule has 1 heterocycles. The second kappa shape index (κ2) is 7.53. The largest absolute Gasteiger partial charge is 0.452 e. The predicted octanol–water partition coefficient (Wildman–Crippen LogP) is 2.45. The van der Waals surface area contributed by atoms with Gasteiger partial charge < -0.3 is 9.64 Å². The number of ether oxygens (including phenoxy) is 1. The lowest BCUT2D eigenvalue weighted by Gasteiger charge is -2.17. The van der Waals surface area contributed by atoms with Crippen LogP contribution in [-0.4, -0.2) is 40.4 Å². The third kappa shape index (κ3) is 4.17. The zero-order chi connectivity index (χ0) is 17.6. The standard InChI is InChI=1S/C19H17N3O3/c1-22(12-14-5-3-2-4-6-14)18(23)13-25-19(24)15-7-8-16-17(11-15)21-10-9-20-16/h2-11H,12-13H2,1H3. The summed E-state index contributed by atoms with van der Waals surface area (Å²) in [7, 11) is 1.68. The normalized spacial score (nSPS) is 10.4. The number of hydrogen-bond acceptors (Lipinski definition) is 5. The van der Waals surface area contributed by atoms with Crippen LogP contribution in [-0.2, 0) is 16.1 Å². The minimum Gasteiger partial charge on any atom is -0.452 e. The van der Waals surface area contributed by atoms with Crippen LogP contribution in [0.3, 0.4) is 0 Å². The maximum Gasteiger partial charge on any atom is 0.338 e. The van der Waals surface area contributed by atoms with Crippen LogP contribution in [0.15, 0.2) is 60.9 Å². The van der Waals surface area contributed by atoms with E-state index in [0.717, 1.165) is 5.56 Å². The highest BCUT2D eigenvalue weighted by Crippen LogP contribution is 2.12.